The summed E-state index contributed by atoms with van der Waals surface area (Å²) in [7, 11) is -2.98. The van der Waals surface area contributed by atoms with E-state index in [1.54, 1.807) is 4.31 Å². The number of hydrogen-bond acceptors (Lipinski definition) is 3. The molecule has 84 valence electrons. The van der Waals surface area contributed by atoms with Crippen molar-refractivity contribution in [3.63, 3.8) is 0 Å². The summed E-state index contributed by atoms with van der Waals surface area (Å²) in [5.41, 5.74) is 0. The quantitative estimate of drug-likeness (QED) is 0.689. The molecule has 1 heterocycles. The van der Waals surface area contributed by atoms with Crippen molar-refractivity contribution in [2.45, 2.75) is 26.3 Å². The SMILES string of the molecule is CCC(C)N1CCN(S(C)(=O)=O)CC1. The van der Waals surface area contributed by atoms with E-state index < -0.39 is 10.0 Å². The fourth-order valence-electron chi connectivity index (χ4n) is 1.73. The van der Waals surface area contributed by atoms with E-state index in [1.165, 1.54) is 6.26 Å². The van der Waals surface area contributed by atoms with Gasteiger partial charge in [-0.05, 0) is 13.3 Å². The summed E-state index contributed by atoms with van der Waals surface area (Å²) in [6, 6.07) is 0.566. The Morgan fingerprint density at radius 2 is 1.71 bits per heavy atom. The second kappa shape index (κ2) is 4.59. The minimum Gasteiger partial charge on any atom is -0.298 e. The molecule has 5 heteroatoms. The number of piperazine rings is 1. The van der Waals surface area contributed by atoms with Crippen LogP contribution in [0.25, 0.3) is 0 Å². The third-order valence-electron chi connectivity index (χ3n) is 2.96. The van der Waals surface area contributed by atoms with Crippen molar-refractivity contribution >= 4 is 10.0 Å². The largest absolute Gasteiger partial charge is 0.298 e. The third kappa shape index (κ3) is 2.93. The number of nitrogens with zero attached hydrogens (tertiary/aromatic N) is 2. The maximum atomic E-state index is 11.2. The summed E-state index contributed by atoms with van der Waals surface area (Å²) in [6.45, 7) is 7.36. The van der Waals surface area contributed by atoms with Crippen molar-refractivity contribution in [3.8, 4) is 0 Å². The standard InChI is InChI=1S/C9H20N2O2S/c1-4-9(2)10-5-7-11(8-6-10)14(3,12)13/h9H,4-8H2,1-3H3. The van der Waals surface area contributed by atoms with Gasteiger partial charge in [-0.25, -0.2) is 8.42 Å². The maximum Gasteiger partial charge on any atom is 0.211 e. The summed E-state index contributed by atoms with van der Waals surface area (Å²) in [6.07, 6.45) is 2.41. The topological polar surface area (TPSA) is 40.6 Å². The van der Waals surface area contributed by atoms with Crippen LogP contribution >= 0.6 is 0 Å². The van der Waals surface area contributed by atoms with Crippen molar-refractivity contribution in [1.29, 1.82) is 0 Å². The molecule has 0 aromatic heterocycles. The normalized spacial score (nSPS) is 23.6. The summed E-state index contributed by atoms with van der Waals surface area (Å²) >= 11 is 0. The van der Waals surface area contributed by atoms with Crippen LogP contribution in [0.3, 0.4) is 0 Å². The lowest BCUT2D eigenvalue weighted by molar-refractivity contribution is 0.143. The second-order valence-corrected chi connectivity index (χ2v) is 5.94. The predicted octanol–water partition coefficient (Wildman–Crippen LogP) is 0.362. The van der Waals surface area contributed by atoms with Gasteiger partial charge in [-0.15, -0.1) is 0 Å². The van der Waals surface area contributed by atoms with Crippen LogP contribution in [0.1, 0.15) is 20.3 Å². The fourth-order valence-corrected chi connectivity index (χ4v) is 2.56. The van der Waals surface area contributed by atoms with Crippen molar-refractivity contribution in [2.75, 3.05) is 32.4 Å². The molecule has 4 nitrogen and oxygen atoms in total. The van der Waals surface area contributed by atoms with Crippen molar-refractivity contribution < 1.29 is 8.42 Å². The van der Waals surface area contributed by atoms with E-state index in [0.717, 1.165) is 19.5 Å². The summed E-state index contributed by atoms with van der Waals surface area (Å²) in [5, 5.41) is 0. The lowest BCUT2D eigenvalue weighted by Gasteiger charge is -2.36. The molecule has 0 aromatic rings. The van der Waals surface area contributed by atoms with Crippen molar-refractivity contribution in [1.82, 2.24) is 9.21 Å². The molecule has 1 rings (SSSR count). The highest BCUT2D eigenvalue weighted by molar-refractivity contribution is 7.88. The first-order chi connectivity index (χ1) is 6.45. The molecule has 1 aliphatic heterocycles. The zero-order valence-corrected chi connectivity index (χ0v) is 10.0. The molecule has 0 N–H and O–H groups in total. The first kappa shape index (κ1) is 11.9. The summed E-state index contributed by atoms with van der Waals surface area (Å²) in [5.74, 6) is 0. The number of hydrogen-bond donors (Lipinski definition) is 0. The molecule has 0 aliphatic carbocycles. The van der Waals surface area contributed by atoms with Crippen LogP contribution in [0.2, 0.25) is 0 Å². The second-order valence-electron chi connectivity index (χ2n) is 3.96. The molecule has 0 spiro atoms. The highest BCUT2D eigenvalue weighted by atomic mass is 32.2. The van der Waals surface area contributed by atoms with E-state index in [4.69, 9.17) is 0 Å². The maximum absolute atomic E-state index is 11.2. The Morgan fingerprint density at radius 3 is 2.07 bits per heavy atom. The molecule has 0 aromatic carbocycles. The van der Waals surface area contributed by atoms with Crippen LogP contribution in [-0.2, 0) is 10.0 Å². The van der Waals surface area contributed by atoms with Gasteiger partial charge in [0.2, 0.25) is 10.0 Å². The van der Waals surface area contributed by atoms with Crippen LogP contribution < -0.4 is 0 Å². The molecule has 0 radical (unpaired) electrons. The molecule has 0 saturated carbocycles. The van der Waals surface area contributed by atoms with Crippen LogP contribution in [0, 0.1) is 0 Å². The first-order valence-electron chi connectivity index (χ1n) is 5.14. The van der Waals surface area contributed by atoms with Gasteiger partial charge >= 0.3 is 0 Å². The van der Waals surface area contributed by atoms with E-state index in [1.807, 2.05) is 0 Å². The monoisotopic (exact) mass is 220 g/mol. The predicted molar refractivity (Wildman–Crippen MR) is 57.7 cm³/mol. The van der Waals surface area contributed by atoms with Gasteiger partial charge in [0.15, 0.2) is 0 Å². The Labute approximate surface area is 86.9 Å². The van der Waals surface area contributed by atoms with Gasteiger partial charge < -0.3 is 0 Å². The smallest absolute Gasteiger partial charge is 0.211 e. The van der Waals surface area contributed by atoms with Crippen molar-refractivity contribution in [2.24, 2.45) is 0 Å². The van der Waals surface area contributed by atoms with Gasteiger partial charge in [0.1, 0.15) is 0 Å². The molecular formula is C9H20N2O2S. The zero-order chi connectivity index (χ0) is 10.8. The van der Waals surface area contributed by atoms with E-state index in [9.17, 15) is 8.42 Å². The van der Waals surface area contributed by atoms with Gasteiger partial charge in [0, 0.05) is 32.2 Å². The Morgan fingerprint density at radius 1 is 1.21 bits per heavy atom. The van der Waals surface area contributed by atoms with Crippen LogP contribution in [0.4, 0.5) is 0 Å². The van der Waals surface area contributed by atoms with Crippen LogP contribution in [0.5, 0.6) is 0 Å². The van der Waals surface area contributed by atoms with Crippen LogP contribution in [0.15, 0.2) is 0 Å². The number of sulfonamides is 1. The lowest BCUT2D eigenvalue weighted by Crippen LogP contribution is -2.50. The van der Waals surface area contributed by atoms with Gasteiger partial charge in [-0.3, -0.25) is 4.90 Å². The minimum atomic E-state index is -2.98. The molecule has 1 unspecified atom stereocenters. The molecule has 1 aliphatic rings. The van der Waals surface area contributed by atoms with Gasteiger partial charge in [0.25, 0.3) is 0 Å². The number of rotatable bonds is 3. The first-order valence-corrected chi connectivity index (χ1v) is 6.99. The molecule has 0 bridgehead atoms. The molecule has 14 heavy (non-hydrogen) atoms. The van der Waals surface area contributed by atoms with Gasteiger partial charge in [0.05, 0.1) is 6.26 Å². The minimum absolute atomic E-state index is 0.566. The molecule has 1 atom stereocenters. The van der Waals surface area contributed by atoms with Crippen LogP contribution in [-0.4, -0.2) is 56.1 Å². The fraction of sp³-hybridized carbons (Fsp3) is 1.00. The van der Waals surface area contributed by atoms with Crippen molar-refractivity contribution in [3.05, 3.63) is 0 Å². The average Bonchev–Trinajstić information content (AvgIpc) is 2.15. The Kier molecular flexibility index (Phi) is 3.92. The van der Waals surface area contributed by atoms with E-state index in [0.29, 0.717) is 19.1 Å². The van der Waals surface area contributed by atoms with Gasteiger partial charge in [-0.1, -0.05) is 6.92 Å². The molecular weight excluding hydrogens is 200 g/mol. The third-order valence-corrected chi connectivity index (χ3v) is 4.26. The van der Waals surface area contributed by atoms with E-state index in [-0.39, 0.29) is 0 Å². The highest BCUT2D eigenvalue weighted by Gasteiger charge is 2.24. The molecule has 1 fully saturated rings. The zero-order valence-electron chi connectivity index (χ0n) is 9.23. The molecule has 1 saturated heterocycles. The highest BCUT2D eigenvalue weighted by Crippen LogP contribution is 2.10. The Hall–Kier alpha value is -0.130. The van der Waals surface area contributed by atoms with E-state index in [2.05, 4.69) is 18.7 Å². The van der Waals surface area contributed by atoms with E-state index >= 15 is 0 Å². The Balaban J connectivity index is 2.47. The van der Waals surface area contributed by atoms with Gasteiger partial charge in [-0.2, -0.15) is 4.31 Å². The Bertz CT molecular complexity index is 269. The average molecular weight is 220 g/mol. The summed E-state index contributed by atoms with van der Waals surface area (Å²) < 4.78 is 24.0. The lowest BCUT2D eigenvalue weighted by atomic mass is 10.2. The molecule has 0 amide bonds. The summed E-state index contributed by atoms with van der Waals surface area (Å²) in [4.78, 5) is 2.35.